The first-order valence-corrected chi connectivity index (χ1v) is 6.93. The minimum atomic E-state index is -0.289. The maximum atomic E-state index is 13.3. The highest BCUT2D eigenvalue weighted by Gasteiger charge is 2.08. The average molecular weight is 289 g/mol. The van der Waals surface area contributed by atoms with Crippen LogP contribution >= 0.6 is 0 Å². The number of hydrogen-bond acceptors (Lipinski definition) is 3. The molecule has 0 fully saturated rings. The van der Waals surface area contributed by atoms with Crippen molar-refractivity contribution in [1.82, 2.24) is 0 Å². The van der Waals surface area contributed by atoms with Crippen LogP contribution in [0.15, 0.2) is 48.5 Å². The van der Waals surface area contributed by atoms with Crippen LogP contribution in [0.1, 0.15) is 18.1 Å². The average Bonchev–Trinajstić information content (AvgIpc) is 2.46. The van der Waals surface area contributed by atoms with Gasteiger partial charge in [0.25, 0.3) is 0 Å². The fourth-order valence-corrected chi connectivity index (χ4v) is 2.03. The molecule has 0 bridgehead atoms. The summed E-state index contributed by atoms with van der Waals surface area (Å²) in [6.07, 6.45) is 0.561. The van der Waals surface area contributed by atoms with E-state index in [0.717, 1.165) is 11.1 Å². The Balaban J connectivity index is 1.87. The topological polar surface area (TPSA) is 44.5 Å². The predicted molar refractivity (Wildman–Crippen MR) is 80.5 cm³/mol. The van der Waals surface area contributed by atoms with Crippen molar-refractivity contribution in [2.75, 3.05) is 6.79 Å². The molecule has 2 rings (SSSR count). The summed E-state index contributed by atoms with van der Waals surface area (Å²) in [5.74, 6) is 0.324. The van der Waals surface area contributed by atoms with Gasteiger partial charge in [0.2, 0.25) is 0 Å². The number of rotatable bonds is 7. The molecule has 2 aromatic rings. The highest BCUT2D eigenvalue weighted by Crippen LogP contribution is 2.21. The first-order chi connectivity index (χ1) is 10.1. The molecule has 0 amide bonds. The third-order valence-electron chi connectivity index (χ3n) is 2.97. The van der Waals surface area contributed by atoms with E-state index < -0.39 is 0 Å². The number of hydrogen-bond donors (Lipinski definition) is 1. The quantitative estimate of drug-likeness (QED) is 0.628. The van der Waals surface area contributed by atoms with E-state index >= 15 is 0 Å². The third kappa shape index (κ3) is 5.17. The second kappa shape index (κ2) is 7.76. The molecule has 0 radical (unpaired) electrons. The maximum absolute atomic E-state index is 13.3. The molecule has 0 saturated carbocycles. The van der Waals surface area contributed by atoms with Gasteiger partial charge in [-0.25, -0.2) is 4.39 Å². The molecule has 0 aliphatic carbocycles. The Kier molecular flexibility index (Phi) is 5.72. The van der Waals surface area contributed by atoms with Crippen molar-refractivity contribution in [2.45, 2.75) is 26.0 Å². The standard InChI is InChI=1S/C17H20FNO2/c1-13(19)9-15-10-16(18)7-8-17(15)21-12-20-11-14-5-3-2-4-6-14/h2-8,10,13H,9,11-12,19H2,1H3. The van der Waals surface area contributed by atoms with E-state index in [1.165, 1.54) is 12.1 Å². The minimum Gasteiger partial charge on any atom is -0.467 e. The van der Waals surface area contributed by atoms with Gasteiger partial charge in [0.1, 0.15) is 11.6 Å². The van der Waals surface area contributed by atoms with Crippen molar-refractivity contribution < 1.29 is 13.9 Å². The Morgan fingerprint density at radius 1 is 1.14 bits per heavy atom. The van der Waals surface area contributed by atoms with E-state index in [-0.39, 0.29) is 18.7 Å². The summed E-state index contributed by atoms with van der Waals surface area (Å²) in [5, 5.41) is 0. The summed E-state index contributed by atoms with van der Waals surface area (Å²) in [4.78, 5) is 0. The molecule has 0 saturated heterocycles. The van der Waals surface area contributed by atoms with Gasteiger partial charge in [-0.3, -0.25) is 0 Å². The molecule has 0 spiro atoms. The monoisotopic (exact) mass is 289 g/mol. The minimum absolute atomic E-state index is 0.0561. The number of benzene rings is 2. The van der Waals surface area contributed by atoms with Crippen LogP contribution in [0.3, 0.4) is 0 Å². The Morgan fingerprint density at radius 2 is 1.90 bits per heavy atom. The molecule has 1 atom stereocenters. The first-order valence-electron chi connectivity index (χ1n) is 6.93. The molecule has 2 aromatic carbocycles. The smallest absolute Gasteiger partial charge is 0.189 e. The van der Waals surface area contributed by atoms with Crippen LogP contribution in [-0.2, 0) is 17.8 Å². The molecule has 21 heavy (non-hydrogen) atoms. The molecule has 4 heteroatoms. The van der Waals surface area contributed by atoms with Gasteiger partial charge in [-0.1, -0.05) is 30.3 Å². The van der Waals surface area contributed by atoms with Crippen molar-refractivity contribution in [1.29, 1.82) is 0 Å². The van der Waals surface area contributed by atoms with Gasteiger partial charge in [-0.05, 0) is 42.7 Å². The molecule has 2 N–H and O–H groups in total. The van der Waals surface area contributed by atoms with E-state index in [4.69, 9.17) is 15.2 Å². The SMILES string of the molecule is CC(N)Cc1cc(F)ccc1OCOCc1ccccc1. The molecule has 3 nitrogen and oxygen atoms in total. The van der Waals surface area contributed by atoms with E-state index in [1.807, 2.05) is 37.3 Å². The van der Waals surface area contributed by atoms with Crippen molar-refractivity contribution >= 4 is 0 Å². The predicted octanol–water partition coefficient (Wildman–Crippen LogP) is 3.27. The molecule has 0 aromatic heterocycles. The molecule has 0 heterocycles. The first kappa shape index (κ1) is 15.5. The fraction of sp³-hybridized carbons (Fsp3) is 0.294. The van der Waals surface area contributed by atoms with Gasteiger partial charge in [-0.15, -0.1) is 0 Å². The summed E-state index contributed by atoms with van der Waals surface area (Å²) in [6, 6.07) is 14.2. The van der Waals surface area contributed by atoms with E-state index in [2.05, 4.69) is 0 Å². The number of ether oxygens (including phenoxy) is 2. The summed E-state index contributed by atoms with van der Waals surface area (Å²) < 4.78 is 24.3. The lowest BCUT2D eigenvalue weighted by atomic mass is 10.1. The molecule has 0 aliphatic heterocycles. The highest BCUT2D eigenvalue weighted by atomic mass is 19.1. The summed E-state index contributed by atoms with van der Waals surface area (Å²) in [6.45, 7) is 2.47. The van der Waals surface area contributed by atoms with Crippen LogP contribution in [-0.4, -0.2) is 12.8 Å². The van der Waals surface area contributed by atoms with Crippen LogP contribution in [0.5, 0.6) is 5.75 Å². The molecule has 1 unspecified atom stereocenters. The zero-order valence-electron chi connectivity index (χ0n) is 12.1. The second-order valence-electron chi connectivity index (χ2n) is 5.03. The summed E-state index contributed by atoms with van der Waals surface area (Å²) >= 11 is 0. The van der Waals surface area contributed by atoms with Crippen molar-refractivity contribution in [3.8, 4) is 5.75 Å². The zero-order valence-corrected chi connectivity index (χ0v) is 12.1. The zero-order chi connectivity index (χ0) is 15.1. The van der Waals surface area contributed by atoms with Gasteiger partial charge >= 0.3 is 0 Å². The lowest BCUT2D eigenvalue weighted by molar-refractivity contribution is 0.00446. The highest BCUT2D eigenvalue weighted by molar-refractivity contribution is 5.34. The van der Waals surface area contributed by atoms with Crippen LogP contribution in [0.2, 0.25) is 0 Å². The van der Waals surface area contributed by atoms with E-state index in [0.29, 0.717) is 18.8 Å². The second-order valence-corrected chi connectivity index (χ2v) is 5.03. The molecular weight excluding hydrogens is 269 g/mol. The number of nitrogens with two attached hydrogens (primary N) is 1. The lowest BCUT2D eigenvalue weighted by Gasteiger charge is -2.13. The van der Waals surface area contributed by atoms with E-state index in [9.17, 15) is 4.39 Å². The third-order valence-corrected chi connectivity index (χ3v) is 2.97. The fourth-order valence-electron chi connectivity index (χ4n) is 2.03. The van der Waals surface area contributed by atoms with Crippen LogP contribution in [0.25, 0.3) is 0 Å². The number of halogens is 1. The maximum Gasteiger partial charge on any atom is 0.189 e. The van der Waals surface area contributed by atoms with Crippen LogP contribution in [0.4, 0.5) is 4.39 Å². The van der Waals surface area contributed by atoms with E-state index in [1.54, 1.807) is 6.07 Å². The summed E-state index contributed by atoms with van der Waals surface area (Å²) in [7, 11) is 0. The van der Waals surface area contributed by atoms with Gasteiger partial charge in [-0.2, -0.15) is 0 Å². The van der Waals surface area contributed by atoms with Crippen LogP contribution in [0, 0.1) is 5.82 Å². The Morgan fingerprint density at radius 3 is 2.62 bits per heavy atom. The Hall–Kier alpha value is -1.91. The van der Waals surface area contributed by atoms with Gasteiger partial charge < -0.3 is 15.2 Å². The molecule has 0 aliphatic rings. The Labute approximate surface area is 124 Å². The van der Waals surface area contributed by atoms with Crippen molar-refractivity contribution in [3.63, 3.8) is 0 Å². The lowest BCUT2D eigenvalue weighted by Crippen LogP contribution is -2.18. The van der Waals surface area contributed by atoms with Gasteiger partial charge in [0, 0.05) is 6.04 Å². The van der Waals surface area contributed by atoms with Crippen molar-refractivity contribution in [3.05, 3.63) is 65.5 Å². The van der Waals surface area contributed by atoms with Crippen LogP contribution < -0.4 is 10.5 Å². The Bertz CT molecular complexity index is 558. The molecular formula is C17H20FNO2. The molecule has 112 valence electrons. The van der Waals surface area contributed by atoms with Crippen molar-refractivity contribution in [2.24, 2.45) is 5.73 Å². The van der Waals surface area contributed by atoms with Gasteiger partial charge in [0.15, 0.2) is 6.79 Å². The van der Waals surface area contributed by atoms with Gasteiger partial charge in [0.05, 0.1) is 6.61 Å². The normalized spacial score (nSPS) is 12.1. The summed E-state index contributed by atoms with van der Waals surface area (Å²) in [5.41, 5.74) is 7.60. The largest absolute Gasteiger partial charge is 0.467 e.